The highest BCUT2D eigenvalue weighted by atomic mass is 16.5. The molecule has 4 heteroatoms. The van der Waals surface area contributed by atoms with Gasteiger partial charge >= 0.3 is 0 Å². The minimum atomic E-state index is 0.156. The van der Waals surface area contributed by atoms with Crippen molar-refractivity contribution in [2.45, 2.75) is 50.3 Å². The Morgan fingerprint density at radius 2 is 2.13 bits per heavy atom. The molecule has 0 N–H and O–H groups in total. The molecule has 0 amide bonds. The van der Waals surface area contributed by atoms with Crippen LogP contribution in [0.3, 0.4) is 0 Å². The fourth-order valence-electron chi connectivity index (χ4n) is 4.14. The Morgan fingerprint density at radius 1 is 1.30 bits per heavy atom. The molecule has 1 atom stereocenters. The Labute approximate surface area is 139 Å². The minimum Gasteiger partial charge on any atom is -0.373 e. The normalized spacial score (nSPS) is 27.8. The molecular formula is C19H29N3O. The molecule has 0 radical (unpaired) electrons. The number of nitrogens with zero attached hydrogens (tertiary/aromatic N) is 3. The van der Waals surface area contributed by atoms with Crippen LogP contribution in [0.15, 0.2) is 24.4 Å². The highest BCUT2D eigenvalue weighted by Crippen LogP contribution is 2.39. The summed E-state index contributed by atoms with van der Waals surface area (Å²) in [7, 11) is 2.21. The molecule has 0 aromatic carbocycles. The van der Waals surface area contributed by atoms with Crippen LogP contribution < -0.4 is 0 Å². The number of hydrogen-bond donors (Lipinski definition) is 0. The van der Waals surface area contributed by atoms with E-state index in [9.17, 15) is 0 Å². The van der Waals surface area contributed by atoms with E-state index in [1.165, 1.54) is 51.7 Å². The number of hydrogen-bond acceptors (Lipinski definition) is 4. The number of likely N-dealkylation sites (N-methyl/N-ethyl adjacent to an activating group) is 1. The maximum Gasteiger partial charge on any atom is 0.0723 e. The molecule has 1 aliphatic carbocycles. The van der Waals surface area contributed by atoms with Gasteiger partial charge in [0.2, 0.25) is 0 Å². The Morgan fingerprint density at radius 3 is 2.83 bits per heavy atom. The Bertz CT molecular complexity index is 509. The van der Waals surface area contributed by atoms with Crippen molar-refractivity contribution in [1.82, 2.24) is 14.8 Å². The largest absolute Gasteiger partial charge is 0.373 e. The molecule has 1 aromatic heterocycles. The van der Waals surface area contributed by atoms with Gasteiger partial charge in [-0.2, -0.15) is 0 Å². The van der Waals surface area contributed by atoms with Gasteiger partial charge in [-0.15, -0.1) is 0 Å². The zero-order chi connectivity index (χ0) is 15.7. The molecule has 3 aliphatic rings. The molecule has 1 aromatic rings. The summed E-state index contributed by atoms with van der Waals surface area (Å²) in [6.45, 7) is 5.59. The summed E-state index contributed by atoms with van der Waals surface area (Å²) in [6.07, 6.45) is 8.41. The van der Waals surface area contributed by atoms with Gasteiger partial charge in [-0.3, -0.25) is 9.88 Å². The van der Waals surface area contributed by atoms with Crippen LogP contribution in [0.4, 0.5) is 0 Å². The van der Waals surface area contributed by atoms with E-state index in [1.54, 1.807) is 0 Å². The monoisotopic (exact) mass is 315 g/mol. The van der Waals surface area contributed by atoms with E-state index < -0.39 is 0 Å². The fourth-order valence-corrected chi connectivity index (χ4v) is 4.14. The zero-order valence-corrected chi connectivity index (χ0v) is 14.3. The number of rotatable bonds is 5. The lowest BCUT2D eigenvalue weighted by molar-refractivity contribution is -0.0444. The van der Waals surface area contributed by atoms with Crippen LogP contribution in [0.1, 0.15) is 37.8 Å². The number of aromatic nitrogens is 1. The molecule has 4 nitrogen and oxygen atoms in total. The number of piperidine rings is 1. The van der Waals surface area contributed by atoms with Crippen molar-refractivity contribution in [3.63, 3.8) is 0 Å². The van der Waals surface area contributed by atoms with Crippen LogP contribution in [0.25, 0.3) is 0 Å². The summed E-state index contributed by atoms with van der Waals surface area (Å²) >= 11 is 0. The second-order valence-corrected chi connectivity index (χ2v) is 7.83. The molecule has 1 saturated carbocycles. The van der Waals surface area contributed by atoms with Gasteiger partial charge in [-0.05, 0) is 57.2 Å². The van der Waals surface area contributed by atoms with E-state index >= 15 is 0 Å². The average Bonchev–Trinajstić information content (AvgIpc) is 3.30. The molecule has 0 bridgehead atoms. The Hall–Kier alpha value is -0.970. The third-order valence-electron chi connectivity index (χ3n) is 5.93. The first kappa shape index (κ1) is 15.6. The van der Waals surface area contributed by atoms with Crippen molar-refractivity contribution in [2.75, 3.05) is 33.3 Å². The lowest BCUT2D eigenvalue weighted by atomic mass is 9.87. The molecule has 2 saturated heterocycles. The lowest BCUT2D eigenvalue weighted by Gasteiger charge is -2.39. The average molecular weight is 315 g/mol. The first-order valence-corrected chi connectivity index (χ1v) is 9.19. The third kappa shape index (κ3) is 3.76. The second-order valence-electron chi connectivity index (χ2n) is 7.83. The van der Waals surface area contributed by atoms with Gasteiger partial charge < -0.3 is 9.64 Å². The molecule has 2 aliphatic heterocycles. The summed E-state index contributed by atoms with van der Waals surface area (Å²) in [6, 6.07) is 6.69. The van der Waals surface area contributed by atoms with E-state index in [4.69, 9.17) is 4.74 Å². The smallest absolute Gasteiger partial charge is 0.0723 e. The van der Waals surface area contributed by atoms with Crippen LogP contribution in [-0.2, 0) is 11.3 Å². The van der Waals surface area contributed by atoms with Crippen LogP contribution in [0.5, 0.6) is 0 Å². The fraction of sp³-hybridized carbons (Fsp3) is 0.737. The van der Waals surface area contributed by atoms with Gasteiger partial charge in [0.05, 0.1) is 17.9 Å². The number of likely N-dealkylation sites (tertiary alicyclic amines) is 1. The highest BCUT2D eigenvalue weighted by molar-refractivity contribution is 5.04. The lowest BCUT2D eigenvalue weighted by Crippen LogP contribution is -2.45. The Kier molecular flexibility index (Phi) is 4.39. The molecule has 23 heavy (non-hydrogen) atoms. The second kappa shape index (κ2) is 6.50. The van der Waals surface area contributed by atoms with Crippen molar-refractivity contribution < 1.29 is 4.74 Å². The molecule has 3 heterocycles. The molecule has 1 unspecified atom stereocenters. The summed E-state index contributed by atoms with van der Waals surface area (Å²) in [5.41, 5.74) is 1.30. The highest BCUT2D eigenvalue weighted by Gasteiger charge is 2.44. The summed E-state index contributed by atoms with van der Waals surface area (Å²) in [5.74, 6) is 1.01. The van der Waals surface area contributed by atoms with Crippen molar-refractivity contribution in [3.8, 4) is 0 Å². The van der Waals surface area contributed by atoms with Crippen LogP contribution in [-0.4, -0.2) is 59.7 Å². The molecule has 4 rings (SSSR count). The SMILES string of the molecule is CN(Cc1ccccn1)C1COC2(CCN(CC3CC3)CC2)C1. The predicted molar refractivity (Wildman–Crippen MR) is 91.2 cm³/mol. The van der Waals surface area contributed by atoms with Crippen molar-refractivity contribution in [1.29, 1.82) is 0 Å². The van der Waals surface area contributed by atoms with Gasteiger partial charge in [0.15, 0.2) is 0 Å². The van der Waals surface area contributed by atoms with E-state index in [0.29, 0.717) is 6.04 Å². The summed E-state index contributed by atoms with van der Waals surface area (Å²) in [4.78, 5) is 9.54. The van der Waals surface area contributed by atoms with E-state index in [-0.39, 0.29) is 5.60 Å². The predicted octanol–water partition coefficient (Wildman–Crippen LogP) is 2.55. The van der Waals surface area contributed by atoms with E-state index in [1.807, 2.05) is 12.3 Å². The van der Waals surface area contributed by atoms with Crippen LogP contribution in [0.2, 0.25) is 0 Å². The van der Waals surface area contributed by atoms with Crippen molar-refractivity contribution in [2.24, 2.45) is 5.92 Å². The quantitative estimate of drug-likeness (QED) is 0.835. The van der Waals surface area contributed by atoms with Gasteiger partial charge in [-0.25, -0.2) is 0 Å². The first-order valence-electron chi connectivity index (χ1n) is 9.19. The van der Waals surface area contributed by atoms with Gasteiger partial charge in [0, 0.05) is 38.4 Å². The van der Waals surface area contributed by atoms with Crippen molar-refractivity contribution >= 4 is 0 Å². The number of ether oxygens (including phenoxy) is 1. The Balaban J connectivity index is 1.28. The zero-order valence-electron chi connectivity index (χ0n) is 14.3. The van der Waals surface area contributed by atoms with Gasteiger partial charge in [0.1, 0.15) is 0 Å². The summed E-state index contributed by atoms with van der Waals surface area (Å²) in [5, 5.41) is 0. The van der Waals surface area contributed by atoms with Gasteiger partial charge in [-0.1, -0.05) is 6.07 Å². The van der Waals surface area contributed by atoms with Gasteiger partial charge in [0.25, 0.3) is 0 Å². The maximum absolute atomic E-state index is 6.33. The number of pyridine rings is 1. The molecule has 126 valence electrons. The topological polar surface area (TPSA) is 28.6 Å². The van der Waals surface area contributed by atoms with E-state index in [2.05, 4.69) is 34.0 Å². The summed E-state index contributed by atoms with van der Waals surface area (Å²) < 4.78 is 6.33. The van der Waals surface area contributed by atoms with Crippen molar-refractivity contribution in [3.05, 3.63) is 30.1 Å². The standard InChI is InChI=1S/C19H29N3O/c1-21(14-17-4-2-3-9-20-17)18-12-19(23-15-18)7-10-22(11-8-19)13-16-5-6-16/h2-4,9,16,18H,5-8,10-15H2,1H3. The molecule has 3 fully saturated rings. The minimum absolute atomic E-state index is 0.156. The van der Waals surface area contributed by atoms with Crippen LogP contribution in [0, 0.1) is 5.92 Å². The molecular weight excluding hydrogens is 286 g/mol. The first-order chi connectivity index (χ1) is 11.2. The maximum atomic E-state index is 6.33. The van der Waals surface area contributed by atoms with Crippen LogP contribution >= 0.6 is 0 Å². The molecule has 1 spiro atoms. The van der Waals surface area contributed by atoms with E-state index in [0.717, 1.165) is 24.8 Å². The third-order valence-corrected chi connectivity index (χ3v) is 5.93.